The third kappa shape index (κ3) is 2.69. The van der Waals surface area contributed by atoms with Crippen molar-refractivity contribution in [3.05, 3.63) is 71.0 Å². The highest BCUT2D eigenvalue weighted by Gasteiger charge is 2.34. The number of fused-ring (bicyclic) bond motifs is 1. The van der Waals surface area contributed by atoms with Crippen molar-refractivity contribution in [2.45, 2.75) is 18.9 Å². The predicted molar refractivity (Wildman–Crippen MR) is 94.3 cm³/mol. The lowest BCUT2D eigenvalue weighted by molar-refractivity contribution is -0.138. The van der Waals surface area contributed by atoms with Crippen LogP contribution in [0.25, 0.3) is 10.9 Å². The second-order valence-electron chi connectivity index (χ2n) is 6.38. The molecule has 6 nitrogen and oxygen atoms in total. The Labute approximate surface area is 144 Å². The van der Waals surface area contributed by atoms with E-state index >= 15 is 0 Å². The van der Waals surface area contributed by atoms with Crippen molar-refractivity contribution in [2.75, 3.05) is 13.1 Å². The number of hydrogen-bond donors (Lipinski definition) is 0. The third-order valence-corrected chi connectivity index (χ3v) is 4.81. The van der Waals surface area contributed by atoms with Gasteiger partial charge in [-0.1, -0.05) is 18.2 Å². The smallest absolute Gasteiger partial charge is 0.261 e. The molecule has 126 valence electrons. The van der Waals surface area contributed by atoms with Crippen LogP contribution in [0.3, 0.4) is 0 Å². The lowest BCUT2D eigenvalue weighted by Gasteiger charge is -2.40. The zero-order valence-corrected chi connectivity index (χ0v) is 13.9. The molecule has 0 bridgehead atoms. The molecule has 0 spiro atoms. The van der Waals surface area contributed by atoms with E-state index in [1.54, 1.807) is 36.2 Å². The SMILES string of the molecule is CC(C(=O)N1CC(c2cccnc2)C1)n1cnc2ccccc2c1=O. The van der Waals surface area contributed by atoms with Crippen molar-refractivity contribution in [3.8, 4) is 0 Å². The standard InChI is InChI=1S/C19H18N4O2/c1-13(23-12-21-17-7-3-2-6-16(17)19(23)25)18(24)22-10-15(11-22)14-5-4-8-20-9-14/h2-9,12-13,15H,10-11H2,1H3. The first kappa shape index (κ1) is 15.5. The van der Waals surface area contributed by atoms with Crippen LogP contribution in [0.2, 0.25) is 0 Å². The fourth-order valence-electron chi connectivity index (χ4n) is 3.23. The summed E-state index contributed by atoms with van der Waals surface area (Å²) in [4.78, 5) is 35.5. The number of pyridine rings is 1. The first-order valence-corrected chi connectivity index (χ1v) is 8.30. The molecule has 0 N–H and O–H groups in total. The number of carbonyl (C=O) groups is 1. The number of para-hydroxylation sites is 1. The van der Waals surface area contributed by atoms with Gasteiger partial charge in [0.05, 0.1) is 17.2 Å². The number of nitrogens with zero attached hydrogens (tertiary/aromatic N) is 4. The lowest BCUT2D eigenvalue weighted by Crippen LogP contribution is -2.51. The Kier molecular flexibility index (Phi) is 3.80. The second kappa shape index (κ2) is 6.12. The molecule has 3 aromatic rings. The first-order valence-electron chi connectivity index (χ1n) is 8.30. The molecule has 1 atom stereocenters. The van der Waals surface area contributed by atoms with E-state index in [4.69, 9.17) is 0 Å². The van der Waals surface area contributed by atoms with Crippen molar-refractivity contribution in [1.29, 1.82) is 0 Å². The molecule has 0 aliphatic carbocycles. The Morgan fingerprint density at radius 1 is 1.20 bits per heavy atom. The maximum atomic E-state index is 12.7. The fourth-order valence-corrected chi connectivity index (χ4v) is 3.23. The van der Waals surface area contributed by atoms with E-state index in [9.17, 15) is 9.59 Å². The predicted octanol–water partition coefficient (Wildman–Crippen LogP) is 1.98. The van der Waals surface area contributed by atoms with Gasteiger partial charge in [-0.2, -0.15) is 0 Å². The number of amides is 1. The highest BCUT2D eigenvalue weighted by atomic mass is 16.2. The molecule has 6 heteroatoms. The van der Waals surface area contributed by atoms with Gasteiger partial charge in [0.1, 0.15) is 6.04 Å². The third-order valence-electron chi connectivity index (χ3n) is 4.81. The summed E-state index contributed by atoms with van der Waals surface area (Å²) < 4.78 is 1.42. The molecule has 1 aliphatic heterocycles. The summed E-state index contributed by atoms with van der Waals surface area (Å²) in [6, 6.07) is 10.5. The van der Waals surface area contributed by atoms with Gasteiger partial charge >= 0.3 is 0 Å². The van der Waals surface area contributed by atoms with E-state index < -0.39 is 6.04 Å². The number of aromatic nitrogens is 3. The molecule has 1 unspecified atom stereocenters. The second-order valence-corrected chi connectivity index (χ2v) is 6.38. The summed E-state index contributed by atoms with van der Waals surface area (Å²) >= 11 is 0. The molecule has 0 saturated carbocycles. The zero-order chi connectivity index (χ0) is 17.4. The van der Waals surface area contributed by atoms with Gasteiger partial charge in [-0.05, 0) is 30.7 Å². The highest BCUT2D eigenvalue weighted by molar-refractivity contribution is 5.82. The van der Waals surface area contributed by atoms with Crippen LogP contribution in [0.5, 0.6) is 0 Å². The van der Waals surface area contributed by atoms with Crippen LogP contribution in [-0.2, 0) is 4.79 Å². The summed E-state index contributed by atoms with van der Waals surface area (Å²) in [5, 5.41) is 0.529. The monoisotopic (exact) mass is 334 g/mol. The fraction of sp³-hybridized carbons (Fsp3) is 0.263. The van der Waals surface area contributed by atoms with Gasteiger partial charge < -0.3 is 4.90 Å². The normalized spacial score (nSPS) is 15.8. The van der Waals surface area contributed by atoms with Crippen molar-refractivity contribution in [3.63, 3.8) is 0 Å². The van der Waals surface area contributed by atoms with Crippen molar-refractivity contribution < 1.29 is 4.79 Å². The largest absolute Gasteiger partial charge is 0.340 e. The molecule has 1 aliphatic rings. The van der Waals surface area contributed by atoms with E-state index in [1.807, 2.05) is 24.4 Å². The quantitative estimate of drug-likeness (QED) is 0.734. The van der Waals surface area contributed by atoms with Gasteiger partial charge in [-0.3, -0.25) is 19.1 Å². The molecule has 1 fully saturated rings. The molecular formula is C19H18N4O2. The average Bonchev–Trinajstić information content (AvgIpc) is 2.61. The number of hydrogen-bond acceptors (Lipinski definition) is 4. The zero-order valence-electron chi connectivity index (χ0n) is 13.9. The summed E-state index contributed by atoms with van der Waals surface area (Å²) in [7, 11) is 0. The summed E-state index contributed by atoms with van der Waals surface area (Å²) in [5.41, 5.74) is 1.60. The molecule has 3 heterocycles. The van der Waals surface area contributed by atoms with Crippen LogP contribution in [0.4, 0.5) is 0 Å². The van der Waals surface area contributed by atoms with Gasteiger partial charge in [0, 0.05) is 31.4 Å². The Hall–Kier alpha value is -3.02. The minimum Gasteiger partial charge on any atom is -0.340 e. The summed E-state index contributed by atoms with van der Waals surface area (Å²) in [6.07, 6.45) is 5.05. The van der Waals surface area contributed by atoms with E-state index in [0.29, 0.717) is 29.9 Å². The first-order chi connectivity index (χ1) is 12.1. The molecule has 4 rings (SSSR count). The van der Waals surface area contributed by atoms with Crippen LogP contribution < -0.4 is 5.56 Å². The molecule has 1 amide bonds. The van der Waals surface area contributed by atoms with E-state index in [-0.39, 0.29) is 11.5 Å². The minimum absolute atomic E-state index is 0.0562. The van der Waals surface area contributed by atoms with Gasteiger partial charge in [-0.15, -0.1) is 0 Å². The van der Waals surface area contributed by atoms with Crippen LogP contribution in [0.1, 0.15) is 24.4 Å². The maximum absolute atomic E-state index is 12.7. The van der Waals surface area contributed by atoms with Crippen LogP contribution in [0.15, 0.2) is 59.9 Å². The summed E-state index contributed by atoms with van der Waals surface area (Å²) in [6.45, 7) is 3.06. The number of likely N-dealkylation sites (tertiary alicyclic amines) is 1. The molecule has 1 aromatic carbocycles. The van der Waals surface area contributed by atoms with Gasteiger partial charge in [0.2, 0.25) is 5.91 Å². The molecular weight excluding hydrogens is 316 g/mol. The Balaban J connectivity index is 1.52. The van der Waals surface area contributed by atoms with Crippen molar-refractivity contribution in [2.24, 2.45) is 0 Å². The van der Waals surface area contributed by atoms with Crippen LogP contribution in [0, 0.1) is 0 Å². The Morgan fingerprint density at radius 2 is 2.00 bits per heavy atom. The number of benzene rings is 1. The average molecular weight is 334 g/mol. The Bertz CT molecular complexity index is 977. The highest BCUT2D eigenvalue weighted by Crippen LogP contribution is 2.28. The van der Waals surface area contributed by atoms with Crippen molar-refractivity contribution in [1.82, 2.24) is 19.4 Å². The van der Waals surface area contributed by atoms with E-state index in [2.05, 4.69) is 9.97 Å². The molecule has 25 heavy (non-hydrogen) atoms. The molecule has 2 aromatic heterocycles. The van der Waals surface area contributed by atoms with Crippen molar-refractivity contribution >= 4 is 16.8 Å². The lowest BCUT2D eigenvalue weighted by atomic mass is 9.92. The summed E-state index contributed by atoms with van der Waals surface area (Å²) in [5.74, 6) is 0.260. The van der Waals surface area contributed by atoms with Crippen LogP contribution in [-0.4, -0.2) is 38.4 Å². The van der Waals surface area contributed by atoms with Gasteiger partial charge in [-0.25, -0.2) is 4.98 Å². The maximum Gasteiger partial charge on any atom is 0.261 e. The topological polar surface area (TPSA) is 68.1 Å². The molecule has 1 saturated heterocycles. The minimum atomic E-state index is -0.570. The van der Waals surface area contributed by atoms with Gasteiger partial charge in [0.25, 0.3) is 5.56 Å². The number of carbonyl (C=O) groups excluding carboxylic acids is 1. The number of rotatable bonds is 3. The molecule has 0 radical (unpaired) electrons. The van der Waals surface area contributed by atoms with E-state index in [1.165, 1.54) is 10.9 Å². The Morgan fingerprint density at radius 3 is 2.76 bits per heavy atom. The van der Waals surface area contributed by atoms with E-state index in [0.717, 1.165) is 5.56 Å². The van der Waals surface area contributed by atoms with Crippen LogP contribution >= 0.6 is 0 Å². The van der Waals surface area contributed by atoms with Gasteiger partial charge in [0.15, 0.2) is 0 Å².